The van der Waals surface area contributed by atoms with E-state index in [1.807, 2.05) is 12.1 Å². The van der Waals surface area contributed by atoms with Crippen LogP contribution in [0.25, 0.3) is 0 Å². The van der Waals surface area contributed by atoms with Gasteiger partial charge in [0, 0.05) is 28.1 Å². The number of carbonyl (C=O) groups is 1. The van der Waals surface area contributed by atoms with Crippen LogP contribution in [0.4, 0.5) is 4.39 Å². The zero-order chi connectivity index (χ0) is 27.2. The van der Waals surface area contributed by atoms with Crippen molar-refractivity contribution in [2.24, 2.45) is 0 Å². The van der Waals surface area contributed by atoms with Gasteiger partial charge in [0.1, 0.15) is 5.82 Å². The third-order valence-corrected chi connectivity index (χ3v) is 10.0. The molecule has 3 aliphatic rings. The minimum atomic E-state index is -0.418. The van der Waals surface area contributed by atoms with Crippen molar-refractivity contribution in [1.29, 1.82) is 0 Å². The monoisotopic (exact) mass is 573 g/mol. The smallest absolute Gasteiger partial charge is 0.154 e. The van der Waals surface area contributed by atoms with E-state index in [1.165, 1.54) is 56.8 Å². The van der Waals surface area contributed by atoms with E-state index in [4.69, 9.17) is 23.2 Å². The highest BCUT2D eigenvalue weighted by Crippen LogP contribution is 2.41. The number of nitrogens with one attached hydrogen (secondary N) is 1. The molecule has 0 spiro atoms. The summed E-state index contributed by atoms with van der Waals surface area (Å²) in [7, 11) is 0. The molecular formula is C32H42Cl2FN3O. The molecule has 39 heavy (non-hydrogen) atoms. The number of rotatable bonds is 8. The fourth-order valence-electron chi connectivity index (χ4n) is 7.11. The number of Topliss-reactive ketones (excluding diaryl/α,β-unsaturated/α-hetero) is 1. The van der Waals surface area contributed by atoms with E-state index in [-0.39, 0.29) is 23.7 Å². The lowest BCUT2D eigenvalue weighted by molar-refractivity contribution is -0.120. The van der Waals surface area contributed by atoms with E-state index >= 15 is 0 Å². The molecule has 4 nitrogen and oxygen atoms in total. The molecule has 0 aromatic heterocycles. The third-order valence-electron chi connectivity index (χ3n) is 9.43. The van der Waals surface area contributed by atoms with Gasteiger partial charge in [0.2, 0.25) is 0 Å². The number of nitrogens with zero attached hydrogens (tertiary/aromatic N) is 2. The molecule has 2 aromatic rings. The fourth-order valence-corrected chi connectivity index (χ4v) is 7.53. The lowest BCUT2D eigenvalue weighted by atomic mass is 9.70. The molecule has 0 saturated carbocycles. The summed E-state index contributed by atoms with van der Waals surface area (Å²) < 4.78 is 14.5. The molecule has 7 heteroatoms. The highest BCUT2D eigenvalue weighted by atomic mass is 35.5. The normalized spacial score (nSPS) is 25.9. The Labute approximate surface area is 243 Å². The van der Waals surface area contributed by atoms with Gasteiger partial charge in [-0.3, -0.25) is 4.79 Å². The largest absolute Gasteiger partial charge is 0.307 e. The minimum Gasteiger partial charge on any atom is -0.307 e. The first-order valence-electron chi connectivity index (χ1n) is 14.8. The molecule has 2 unspecified atom stereocenters. The molecule has 3 saturated heterocycles. The Morgan fingerprint density at radius 2 is 1.77 bits per heavy atom. The van der Waals surface area contributed by atoms with Gasteiger partial charge in [0.25, 0.3) is 0 Å². The molecule has 212 valence electrons. The molecule has 0 amide bonds. The second-order valence-electron chi connectivity index (χ2n) is 11.9. The van der Waals surface area contributed by atoms with Crippen molar-refractivity contribution in [1.82, 2.24) is 15.1 Å². The van der Waals surface area contributed by atoms with Crippen molar-refractivity contribution in [3.05, 3.63) is 69.5 Å². The average Bonchev–Trinajstić information content (AvgIpc) is 3.19. The van der Waals surface area contributed by atoms with Crippen molar-refractivity contribution < 1.29 is 9.18 Å². The Bertz CT molecular complexity index is 1100. The zero-order valence-corrected chi connectivity index (χ0v) is 24.5. The zero-order valence-electron chi connectivity index (χ0n) is 22.9. The lowest BCUT2D eigenvalue weighted by Crippen LogP contribution is -2.48. The highest BCUT2D eigenvalue weighted by molar-refractivity contribution is 6.31. The Kier molecular flexibility index (Phi) is 10.00. The van der Waals surface area contributed by atoms with E-state index in [1.54, 1.807) is 12.1 Å². The number of halogens is 3. The number of benzene rings is 2. The summed E-state index contributed by atoms with van der Waals surface area (Å²) in [6.07, 6.45) is 10.2. The van der Waals surface area contributed by atoms with Crippen LogP contribution in [0.15, 0.2) is 42.5 Å². The summed E-state index contributed by atoms with van der Waals surface area (Å²) in [6.45, 7) is 6.59. The number of likely N-dealkylation sites (tertiary alicyclic amines) is 2. The molecule has 0 radical (unpaired) electrons. The third kappa shape index (κ3) is 7.23. The summed E-state index contributed by atoms with van der Waals surface area (Å²) in [5.41, 5.74) is 1.33. The average molecular weight is 575 g/mol. The Morgan fingerprint density at radius 3 is 2.51 bits per heavy atom. The standard InChI is InChI=1S/C32H42Cl2FN3O/c33-25-8-4-7-24(21-25)32(14-20-37-18-11-26(12-19-37)38-16-2-1-3-17-38)13-6-15-36-30(23-32)31(39)22-27-28(34)9-5-10-29(27)35/h4-5,7-10,21,26,30,36H,1-3,6,11-20,22-23H2. The molecule has 3 fully saturated rings. The van der Waals surface area contributed by atoms with Crippen LogP contribution in [-0.2, 0) is 16.6 Å². The predicted molar refractivity (Wildman–Crippen MR) is 158 cm³/mol. The lowest BCUT2D eigenvalue weighted by Gasteiger charge is -2.42. The molecule has 3 heterocycles. The molecule has 3 aliphatic heterocycles. The van der Waals surface area contributed by atoms with Gasteiger partial charge in [0.15, 0.2) is 5.78 Å². The van der Waals surface area contributed by atoms with Gasteiger partial charge in [-0.05, 0) is 126 Å². The highest BCUT2D eigenvalue weighted by Gasteiger charge is 2.39. The van der Waals surface area contributed by atoms with Gasteiger partial charge < -0.3 is 15.1 Å². The van der Waals surface area contributed by atoms with E-state index < -0.39 is 5.82 Å². The van der Waals surface area contributed by atoms with Crippen molar-refractivity contribution in [2.75, 3.05) is 39.3 Å². The summed E-state index contributed by atoms with van der Waals surface area (Å²) >= 11 is 12.8. The number of ketones is 1. The van der Waals surface area contributed by atoms with Gasteiger partial charge in [0.05, 0.1) is 6.04 Å². The summed E-state index contributed by atoms with van der Waals surface area (Å²) in [5, 5.41) is 4.53. The maximum Gasteiger partial charge on any atom is 0.154 e. The van der Waals surface area contributed by atoms with Crippen LogP contribution >= 0.6 is 23.2 Å². The number of carbonyl (C=O) groups excluding carboxylic acids is 1. The molecule has 0 aliphatic carbocycles. The summed E-state index contributed by atoms with van der Waals surface area (Å²) in [5.74, 6) is -0.420. The fraction of sp³-hybridized carbons (Fsp3) is 0.594. The number of hydrogen-bond donors (Lipinski definition) is 1. The van der Waals surface area contributed by atoms with Crippen molar-refractivity contribution >= 4 is 29.0 Å². The van der Waals surface area contributed by atoms with Crippen molar-refractivity contribution in [3.63, 3.8) is 0 Å². The van der Waals surface area contributed by atoms with Gasteiger partial charge >= 0.3 is 0 Å². The Morgan fingerprint density at radius 1 is 1.00 bits per heavy atom. The van der Waals surface area contributed by atoms with E-state index in [0.29, 0.717) is 17.0 Å². The maximum absolute atomic E-state index is 14.5. The van der Waals surface area contributed by atoms with E-state index in [0.717, 1.165) is 56.5 Å². The SMILES string of the molecule is O=C(Cc1c(F)cccc1Cl)C1CC(CCN2CCC(N3CCCCC3)CC2)(c2cccc(Cl)c2)CCCN1. The molecule has 2 atom stereocenters. The first kappa shape index (κ1) is 29.0. The molecule has 0 bridgehead atoms. The first-order chi connectivity index (χ1) is 18.9. The number of hydrogen-bond acceptors (Lipinski definition) is 4. The van der Waals surface area contributed by atoms with Crippen molar-refractivity contribution in [3.8, 4) is 0 Å². The molecule has 5 rings (SSSR count). The maximum atomic E-state index is 14.5. The van der Waals surface area contributed by atoms with Crippen LogP contribution in [-0.4, -0.2) is 66.9 Å². The van der Waals surface area contributed by atoms with E-state index in [2.05, 4.69) is 27.2 Å². The predicted octanol–water partition coefficient (Wildman–Crippen LogP) is 6.66. The molecule has 1 N–H and O–H groups in total. The minimum absolute atomic E-state index is 0.00118. The topological polar surface area (TPSA) is 35.6 Å². The second kappa shape index (κ2) is 13.4. The Balaban J connectivity index is 1.30. The van der Waals surface area contributed by atoms with Crippen LogP contribution in [0, 0.1) is 5.82 Å². The summed E-state index contributed by atoms with van der Waals surface area (Å²) in [4.78, 5) is 18.9. The van der Waals surface area contributed by atoms with Crippen LogP contribution in [0.1, 0.15) is 68.9 Å². The van der Waals surface area contributed by atoms with Crippen molar-refractivity contribution in [2.45, 2.75) is 81.7 Å². The molecule has 2 aromatic carbocycles. The quantitative estimate of drug-likeness (QED) is 0.382. The van der Waals surface area contributed by atoms with Crippen LogP contribution < -0.4 is 5.32 Å². The molecular weight excluding hydrogens is 532 g/mol. The van der Waals surface area contributed by atoms with Crippen LogP contribution in [0.2, 0.25) is 10.0 Å². The van der Waals surface area contributed by atoms with Gasteiger partial charge in [-0.2, -0.15) is 0 Å². The number of piperidine rings is 2. The summed E-state index contributed by atoms with van der Waals surface area (Å²) in [6, 6.07) is 13.2. The van der Waals surface area contributed by atoms with Gasteiger partial charge in [-0.1, -0.05) is 47.8 Å². The first-order valence-corrected chi connectivity index (χ1v) is 15.6. The van der Waals surface area contributed by atoms with Crippen LogP contribution in [0.5, 0.6) is 0 Å². The van der Waals surface area contributed by atoms with E-state index in [9.17, 15) is 9.18 Å². The van der Waals surface area contributed by atoms with Crippen LogP contribution in [0.3, 0.4) is 0 Å². The van der Waals surface area contributed by atoms with Gasteiger partial charge in [-0.15, -0.1) is 0 Å². The Hall–Kier alpha value is -1.50. The second-order valence-corrected chi connectivity index (χ2v) is 12.7. The van der Waals surface area contributed by atoms with Gasteiger partial charge in [-0.25, -0.2) is 4.39 Å².